The molecule has 3 fully saturated rings. The van der Waals surface area contributed by atoms with Crippen molar-refractivity contribution in [2.45, 2.75) is 37.2 Å². The third-order valence-corrected chi connectivity index (χ3v) is 11.4. The van der Waals surface area contributed by atoms with Crippen LogP contribution < -0.4 is 10.6 Å². The van der Waals surface area contributed by atoms with E-state index in [1.54, 1.807) is 29.3 Å². The number of hydrogen-bond donors (Lipinski definition) is 2. The van der Waals surface area contributed by atoms with E-state index in [1.807, 2.05) is 11.4 Å². The number of nitrogens with one attached hydrogen (secondary N) is 2. The van der Waals surface area contributed by atoms with Crippen molar-refractivity contribution in [2.75, 3.05) is 46.9 Å². The standard InChI is InChI=1S/C27H34Cl2N6O3S2/c1-33-6-3-16-12-35(13-20(16)33)25-22(21-10-18(28)14-39-21)31-27(40-25)32-24(36)17-9-19(29)23(30-11-17)34-7-4-15(5-8-34)26(37)38-2/h10-11,14-17,20,27,31H,3-9,12-13H2,1-2H3,(H,32,36). The van der Waals surface area contributed by atoms with Crippen molar-refractivity contribution in [2.24, 2.45) is 22.7 Å². The van der Waals surface area contributed by atoms with E-state index in [2.05, 4.69) is 37.4 Å². The number of aliphatic imine (C=N–C) groups is 1. The van der Waals surface area contributed by atoms with Crippen LogP contribution in [0.2, 0.25) is 5.02 Å². The third-order valence-electron chi connectivity index (χ3n) is 8.60. The molecule has 0 radical (unpaired) electrons. The van der Waals surface area contributed by atoms with Crippen LogP contribution in [-0.2, 0) is 14.3 Å². The van der Waals surface area contributed by atoms with Crippen LogP contribution in [0.4, 0.5) is 0 Å². The fourth-order valence-corrected chi connectivity index (χ4v) is 9.00. The number of rotatable bonds is 6. The summed E-state index contributed by atoms with van der Waals surface area (Å²) in [5.41, 5.74) is 0.731. The third kappa shape index (κ3) is 5.60. The molecule has 1 aromatic heterocycles. The first-order chi connectivity index (χ1) is 19.3. The number of carbonyl (C=O) groups is 2. The highest BCUT2D eigenvalue weighted by molar-refractivity contribution is 8.04. The Morgan fingerprint density at radius 3 is 2.62 bits per heavy atom. The minimum Gasteiger partial charge on any atom is -0.469 e. The van der Waals surface area contributed by atoms with E-state index in [0.717, 1.165) is 30.2 Å². The number of halogens is 2. The van der Waals surface area contributed by atoms with Crippen LogP contribution in [0.15, 0.2) is 32.3 Å². The second-order valence-corrected chi connectivity index (χ2v) is 14.0. The summed E-state index contributed by atoms with van der Waals surface area (Å²) in [6.07, 6.45) is 4.73. The van der Waals surface area contributed by atoms with Crippen molar-refractivity contribution in [3.63, 3.8) is 0 Å². The number of amides is 1. The van der Waals surface area contributed by atoms with Crippen LogP contribution >= 0.6 is 46.3 Å². The summed E-state index contributed by atoms with van der Waals surface area (Å²) in [5.74, 6) is 0.566. The summed E-state index contributed by atoms with van der Waals surface area (Å²) in [5, 5.41) is 11.1. The lowest BCUT2D eigenvalue weighted by molar-refractivity contribution is -0.146. The highest BCUT2D eigenvalue weighted by atomic mass is 35.5. The summed E-state index contributed by atoms with van der Waals surface area (Å²) < 4.78 is 4.89. The molecule has 5 aliphatic rings. The van der Waals surface area contributed by atoms with Gasteiger partial charge in [-0.25, -0.2) is 4.99 Å². The molecule has 0 spiro atoms. The van der Waals surface area contributed by atoms with Gasteiger partial charge in [0.25, 0.3) is 0 Å². The predicted molar refractivity (Wildman–Crippen MR) is 161 cm³/mol. The number of fused-ring (bicyclic) bond motifs is 1. The number of nitrogens with zero attached hydrogens (tertiary/aromatic N) is 4. The lowest BCUT2D eigenvalue weighted by Crippen LogP contribution is -2.44. The van der Waals surface area contributed by atoms with Crippen molar-refractivity contribution in [1.29, 1.82) is 0 Å². The Hall–Kier alpha value is -1.92. The number of esters is 1. The van der Waals surface area contributed by atoms with Gasteiger partial charge in [-0.2, -0.15) is 0 Å². The van der Waals surface area contributed by atoms with Crippen molar-refractivity contribution < 1.29 is 14.3 Å². The van der Waals surface area contributed by atoms with Crippen LogP contribution in [-0.4, -0.2) is 91.2 Å². The maximum absolute atomic E-state index is 13.4. The number of allylic oxidation sites excluding steroid dienone is 1. The van der Waals surface area contributed by atoms with Gasteiger partial charge in [-0.3, -0.25) is 9.59 Å². The summed E-state index contributed by atoms with van der Waals surface area (Å²) in [4.78, 5) is 37.9. The topological polar surface area (TPSA) is 89.5 Å². The van der Waals surface area contributed by atoms with Gasteiger partial charge in [-0.05, 0) is 44.8 Å². The molecule has 6 rings (SSSR count). The largest absolute Gasteiger partial charge is 0.469 e. The number of likely N-dealkylation sites (tertiary alicyclic amines) is 3. The molecule has 0 aromatic carbocycles. The van der Waals surface area contributed by atoms with Gasteiger partial charge in [0.05, 0.1) is 44.6 Å². The zero-order chi connectivity index (χ0) is 28.0. The van der Waals surface area contributed by atoms with E-state index in [-0.39, 0.29) is 23.3 Å². The van der Waals surface area contributed by atoms with Gasteiger partial charge < -0.3 is 30.1 Å². The van der Waals surface area contributed by atoms with Crippen molar-refractivity contribution >= 4 is 70.1 Å². The minimum absolute atomic E-state index is 0.0854. The zero-order valence-electron chi connectivity index (χ0n) is 22.6. The maximum Gasteiger partial charge on any atom is 0.308 e. The second kappa shape index (κ2) is 11.8. The zero-order valence-corrected chi connectivity index (χ0v) is 25.7. The average molecular weight is 626 g/mol. The summed E-state index contributed by atoms with van der Waals surface area (Å²) in [6, 6.07) is 2.55. The Morgan fingerprint density at radius 2 is 1.95 bits per heavy atom. The molecule has 1 aromatic rings. The van der Waals surface area contributed by atoms with Gasteiger partial charge in [0, 0.05) is 50.2 Å². The number of carbonyl (C=O) groups excluding carboxylic acids is 2. The van der Waals surface area contributed by atoms with Gasteiger partial charge in [0.15, 0.2) is 5.50 Å². The van der Waals surface area contributed by atoms with Gasteiger partial charge >= 0.3 is 5.97 Å². The Labute approximate surface area is 252 Å². The summed E-state index contributed by atoms with van der Waals surface area (Å²) >= 11 is 16.2. The van der Waals surface area contributed by atoms with Crippen molar-refractivity contribution in [3.8, 4) is 0 Å². The molecule has 13 heteroatoms. The van der Waals surface area contributed by atoms with E-state index < -0.39 is 5.92 Å². The van der Waals surface area contributed by atoms with Crippen LogP contribution in [0.1, 0.15) is 30.6 Å². The molecular weight excluding hydrogens is 591 g/mol. The molecule has 3 saturated heterocycles. The second-order valence-electron chi connectivity index (χ2n) is 11.1. The SMILES string of the molecule is COC(=O)C1CCN(C2=C(Cl)CC(C(=O)NC3NC(c4cc(Cl)cs4)=C(N4CC5CCN(C)C5C4)S3)C=N2)CC1. The summed E-state index contributed by atoms with van der Waals surface area (Å²) in [7, 11) is 3.64. The van der Waals surface area contributed by atoms with E-state index >= 15 is 0 Å². The Balaban J connectivity index is 1.08. The van der Waals surface area contributed by atoms with E-state index in [0.29, 0.717) is 60.2 Å². The smallest absolute Gasteiger partial charge is 0.308 e. The lowest BCUT2D eigenvalue weighted by atomic mass is 9.96. The van der Waals surface area contributed by atoms with Gasteiger partial charge in [0.1, 0.15) is 5.82 Å². The minimum atomic E-state index is -0.449. The molecule has 2 N–H and O–H groups in total. The fraction of sp³-hybridized carbons (Fsp3) is 0.593. The predicted octanol–water partition coefficient (Wildman–Crippen LogP) is 3.78. The van der Waals surface area contributed by atoms with Gasteiger partial charge in [-0.1, -0.05) is 35.0 Å². The first-order valence-electron chi connectivity index (χ1n) is 13.7. The maximum atomic E-state index is 13.4. The van der Waals surface area contributed by atoms with Gasteiger partial charge in [-0.15, -0.1) is 11.3 Å². The Kier molecular flexibility index (Phi) is 8.29. The lowest BCUT2D eigenvalue weighted by Gasteiger charge is -2.34. The monoisotopic (exact) mass is 624 g/mol. The van der Waals surface area contributed by atoms with E-state index in [9.17, 15) is 9.59 Å². The number of thiophene rings is 1. The molecule has 5 aliphatic heterocycles. The molecule has 0 saturated carbocycles. The first-order valence-corrected chi connectivity index (χ1v) is 16.2. The molecule has 40 heavy (non-hydrogen) atoms. The molecule has 216 valence electrons. The number of ether oxygens (including phenoxy) is 1. The van der Waals surface area contributed by atoms with Crippen molar-refractivity contribution in [3.05, 3.63) is 37.2 Å². The van der Waals surface area contributed by atoms with E-state index in [4.69, 9.17) is 27.9 Å². The summed E-state index contributed by atoms with van der Waals surface area (Å²) in [6.45, 7) is 4.54. The normalized spacial score (nSPS) is 29.3. The first kappa shape index (κ1) is 28.2. The molecule has 4 unspecified atom stereocenters. The highest BCUT2D eigenvalue weighted by Crippen LogP contribution is 2.43. The number of thioether (sulfide) groups is 1. The van der Waals surface area contributed by atoms with Crippen LogP contribution in [0.5, 0.6) is 0 Å². The molecule has 6 heterocycles. The van der Waals surface area contributed by atoms with Crippen LogP contribution in [0.3, 0.4) is 0 Å². The van der Waals surface area contributed by atoms with Crippen LogP contribution in [0, 0.1) is 17.8 Å². The Morgan fingerprint density at radius 1 is 1.15 bits per heavy atom. The highest BCUT2D eigenvalue weighted by Gasteiger charge is 2.43. The molecule has 0 aliphatic carbocycles. The number of piperidine rings is 1. The number of hydrogen-bond acceptors (Lipinski definition) is 10. The van der Waals surface area contributed by atoms with Crippen molar-refractivity contribution in [1.82, 2.24) is 25.3 Å². The quantitative estimate of drug-likeness (QED) is 0.462. The molecular formula is C27H34Cl2N6O3S2. The average Bonchev–Trinajstić information content (AvgIpc) is 3.74. The molecule has 9 nitrogen and oxygen atoms in total. The molecule has 0 bridgehead atoms. The molecule has 1 amide bonds. The number of likely N-dealkylation sites (N-methyl/N-ethyl adjacent to an activating group) is 1. The molecule has 4 atom stereocenters. The number of methoxy groups -OCH3 is 1. The van der Waals surface area contributed by atoms with Gasteiger partial charge in [0.2, 0.25) is 5.91 Å². The van der Waals surface area contributed by atoms with Crippen LogP contribution in [0.25, 0.3) is 5.70 Å². The Bertz CT molecular complexity index is 1260. The van der Waals surface area contributed by atoms with E-state index in [1.165, 1.54) is 18.6 Å². The fourth-order valence-electron chi connectivity index (χ4n) is 6.36.